The molecule has 0 fully saturated rings. The largest absolute Gasteiger partial charge is 0.269 e. The number of aliphatic imine (C=N–C) groups is 1. The normalized spacial score (nSPS) is 16.1. The van der Waals surface area contributed by atoms with Crippen molar-refractivity contribution in [1.82, 2.24) is 10.9 Å². The summed E-state index contributed by atoms with van der Waals surface area (Å²) in [6.07, 6.45) is 4.25. The number of nitrogens with zero attached hydrogens (tertiary/aromatic N) is 1. The van der Waals surface area contributed by atoms with E-state index < -0.39 is 0 Å². The Labute approximate surface area is 90.9 Å². The molecule has 2 atom stereocenters. The fourth-order valence-electron chi connectivity index (χ4n) is 1.06. The third-order valence-electron chi connectivity index (χ3n) is 1.83. The van der Waals surface area contributed by atoms with Gasteiger partial charge in [0.2, 0.25) is 0 Å². The molecule has 0 aromatic rings. The molecule has 0 saturated carbocycles. The van der Waals surface area contributed by atoms with Gasteiger partial charge in [-0.05, 0) is 26.8 Å². The summed E-state index contributed by atoms with van der Waals surface area (Å²) in [4.78, 5) is 3.90. The van der Waals surface area contributed by atoms with Gasteiger partial charge in [0.15, 0.2) is 0 Å². The smallest absolute Gasteiger partial charge is 0.0478 e. The first-order valence-electron chi connectivity index (χ1n) is 4.50. The molecular weight excluding hydrogens is 198 g/mol. The van der Waals surface area contributed by atoms with Crippen LogP contribution in [0.15, 0.2) is 29.4 Å². The fraction of sp³-hybridized carbons (Fsp3) is 0.500. The molecule has 14 heavy (non-hydrogen) atoms. The molecule has 0 aromatic heterocycles. The lowest BCUT2D eigenvalue weighted by Gasteiger charge is -2.20. The molecule has 0 saturated heterocycles. The molecule has 0 aromatic carbocycles. The highest BCUT2D eigenvalue weighted by Gasteiger charge is 2.14. The Morgan fingerprint density at radius 2 is 2.29 bits per heavy atom. The second-order valence-electron chi connectivity index (χ2n) is 2.93. The van der Waals surface area contributed by atoms with Crippen LogP contribution in [0, 0.1) is 0 Å². The van der Waals surface area contributed by atoms with Gasteiger partial charge in [-0.2, -0.15) is 0 Å². The van der Waals surface area contributed by atoms with E-state index in [-0.39, 0.29) is 11.4 Å². The lowest BCUT2D eigenvalue weighted by atomic mass is 10.1. The highest BCUT2D eigenvalue weighted by atomic mass is 35.5. The van der Waals surface area contributed by atoms with Gasteiger partial charge in [0.05, 0.1) is 0 Å². The number of allylic oxidation sites excluding steroid dienone is 2. The van der Waals surface area contributed by atoms with Crippen molar-refractivity contribution in [1.29, 1.82) is 0 Å². The average molecular weight is 216 g/mol. The summed E-state index contributed by atoms with van der Waals surface area (Å²) in [5.74, 6) is 0. The first-order chi connectivity index (χ1) is 6.65. The maximum absolute atomic E-state index is 6.01. The minimum absolute atomic E-state index is 0.0115. The van der Waals surface area contributed by atoms with Crippen molar-refractivity contribution in [2.75, 3.05) is 7.05 Å². The fourth-order valence-corrected chi connectivity index (χ4v) is 1.21. The van der Waals surface area contributed by atoms with E-state index in [0.717, 1.165) is 12.1 Å². The highest BCUT2D eigenvalue weighted by Crippen LogP contribution is 2.12. The molecule has 1 unspecified atom stereocenters. The van der Waals surface area contributed by atoms with Gasteiger partial charge in [-0.15, -0.1) is 11.6 Å². The monoisotopic (exact) mass is 215 g/mol. The number of halogens is 1. The van der Waals surface area contributed by atoms with E-state index in [9.17, 15) is 0 Å². The number of hydrogen-bond donors (Lipinski definition) is 2. The molecule has 3 nitrogen and oxygen atoms in total. The minimum atomic E-state index is 0.0115. The third-order valence-corrected chi connectivity index (χ3v) is 2.13. The van der Waals surface area contributed by atoms with Crippen LogP contribution in [0.2, 0.25) is 0 Å². The predicted molar refractivity (Wildman–Crippen MR) is 63.7 cm³/mol. The summed E-state index contributed by atoms with van der Waals surface area (Å²) in [6.45, 7) is 9.04. The van der Waals surface area contributed by atoms with Crippen molar-refractivity contribution in [3.05, 3.63) is 24.4 Å². The highest BCUT2D eigenvalue weighted by molar-refractivity contribution is 6.20. The molecule has 0 rings (SSSR count). The Hall–Kier alpha value is -0.640. The van der Waals surface area contributed by atoms with Gasteiger partial charge in [0.25, 0.3) is 0 Å². The van der Waals surface area contributed by atoms with Gasteiger partial charge in [-0.25, -0.2) is 0 Å². The standard InChI is InChI=1S/C10H18ClN3/c1-5-6-9(12-3)7-10(8(2)11)14-13-4/h5-6,8,10,13-14H,1,3,7H2,2,4H3/b9-6+/t8?,10-/m1/s1. The van der Waals surface area contributed by atoms with Crippen molar-refractivity contribution < 1.29 is 0 Å². The summed E-state index contributed by atoms with van der Waals surface area (Å²) >= 11 is 6.01. The zero-order chi connectivity index (χ0) is 11.0. The van der Waals surface area contributed by atoms with E-state index in [1.165, 1.54) is 0 Å². The second kappa shape index (κ2) is 7.74. The van der Waals surface area contributed by atoms with Crippen LogP contribution in [0.4, 0.5) is 0 Å². The van der Waals surface area contributed by atoms with Crippen molar-refractivity contribution >= 4 is 18.3 Å². The van der Waals surface area contributed by atoms with E-state index in [1.807, 2.05) is 20.0 Å². The number of hydrazine groups is 1. The van der Waals surface area contributed by atoms with E-state index >= 15 is 0 Å². The van der Waals surface area contributed by atoms with E-state index in [4.69, 9.17) is 11.6 Å². The Kier molecular flexibility index (Phi) is 7.38. The Morgan fingerprint density at radius 3 is 2.64 bits per heavy atom. The topological polar surface area (TPSA) is 36.4 Å². The number of alkyl halides is 1. The first-order valence-corrected chi connectivity index (χ1v) is 4.94. The van der Waals surface area contributed by atoms with Crippen LogP contribution in [0.25, 0.3) is 0 Å². The lowest BCUT2D eigenvalue weighted by molar-refractivity contribution is 0.448. The van der Waals surface area contributed by atoms with Crippen molar-refractivity contribution in [3.63, 3.8) is 0 Å². The van der Waals surface area contributed by atoms with Crippen LogP contribution in [0.5, 0.6) is 0 Å². The summed E-state index contributed by atoms with van der Waals surface area (Å²) in [6, 6.07) is 0.123. The van der Waals surface area contributed by atoms with Crippen molar-refractivity contribution in [3.8, 4) is 0 Å². The number of nitrogens with one attached hydrogen (secondary N) is 2. The molecule has 80 valence electrons. The van der Waals surface area contributed by atoms with Crippen LogP contribution in [0.3, 0.4) is 0 Å². The van der Waals surface area contributed by atoms with Crippen LogP contribution in [-0.4, -0.2) is 25.2 Å². The molecule has 0 radical (unpaired) electrons. The van der Waals surface area contributed by atoms with E-state index in [0.29, 0.717) is 0 Å². The second-order valence-corrected chi connectivity index (χ2v) is 3.62. The molecule has 0 spiro atoms. The molecule has 0 heterocycles. The SMILES string of the molecule is C=C/C=C(\C[C@@H](NNC)C(C)Cl)N=C. The molecule has 0 aliphatic rings. The maximum Gasteiger partial charge on any atom is 0.0478 e. The molecule has 0 aliphatic carbocycles. The van der Waals surface area contributed by atoms with Crippen molar-refractivity contribution in [2.45, 2.75) is 24.8 Å². The molecule has 0 amide bonds. The summed E-state index contributed by atoms with van der Waals surface area (Å²) in [7, 11) is 1.81. The van der Waals surface area contributed by atoms with Gasteiger partial charge in [0.1, 0.15) is 0 Å². The molecule has 2 N–H and O–H groups in total. The molecule has 0 aliphatic heterocycles. The zero-order valence-corrected chi connectivity index (χ0v) is 9.51. The lowest BCUT2D eigenvalue weighted by Crippen LogP contribution is -2.43. The van der Waals surface area contributed by atoms with Crippen molar-refractivity contribution in [2.24, 2.45) is 4.99 Å². The number of hydrogen-bond acceptors (Lipinski definition) is 3. The maximum atomic E-state index is 6.01. The minimum Gasteiger partial charge on any atom is -0.269 e. The van der Waals surface area contributed by atoms with Gasteiger partial charge in [-0.3, -0.25) is 15.8 Å². The zero-order valence-electron chi connectivity index (χ0n) is 8.76. The van der Waals surface area contributed by atoms with Gasteiger partial charge >= 0.3 is 0 Å². The predicted octanol–water partition coefficient (Wildman–Crippen LogP) is 1.87. The third kappa shape index (κ3) is 5.17. The van der Waals surface area contributed by atoms with E-state index in [2.05, 4.69) is 29.1 Å². The van der Waals surface area contributed by atoms with Crippen LogP contribution >= 0.6 is 11.6 Å². The van der Waals surface area contributed by atoms with Gasteiger partial charge in [0, 0.05) is 23.5 Å². The first kappa shape index (κ1) is 13.4. The Morgan fingerprint density at radius 1 is 1.64 bits per heavy atom. The summed E-state index contributed by atoms with van der Waals surface area (Å²) in [5, 5.41) is 0.0115. The molecule has 4 heteroatoms. The quantitative estimate of drug-likeness (QED) is 0.295. The molecule has 0 bridgehead atoms. The summed E-state index contributed by atoms with van der Waals surface area (Å²) in [5.41, 5.74) is 6.81. The Bertz CT molecular complexity index is 211. The van der Waals surface area contributed by atoms with Crippen LogP contribution in [0.1, 0.15) is 13.3 Å². The van der Waals surface area contributed by atoms with Crippen LogP contribution < -0.4 is 10.9 Å². The number of rotatable bonds is 7. The average Bonchev–Trinajstić information content (AvgIpc) is 2.15. The molecular formula is C10H18ClN3. The van der Waals surface area contributed by atoms with Gasteiger partial charge in [-0.1, -0.05) is 12.7 Å². The van der Waals surface area contributed by atoms with E-state index in [1.54, 1.807) is 6.08 Å². The van der Waals surface area contributed by atoms with Crippen LogP contribution in [-0.2, 0) is 0 Å². The Balaban J connectivity index is 4.32. The van der Waals surface area contributed by atoms with Gasteiger partial charge < -0.3 is 0 Å². The summed E-state index contributed by atoms with van der Waals surface area (Å²) < 4.78 is 0.